The molecule has 6 heteroatoms. The van der Waals surface area contributed by atoms with Crippen molar-refractivity contribution >= 4 is 33.0 Å². The summed E-state index contributed by atoms with van der Waals surface area (Å²) in [6, 6.07) is 9.93. The maximum absolute atomic E-state index is 12.7. The molecule has 4 nitrogen and oxygen atoms in total. The van der Waals surface area contributed by atoms with Gasteiger partial charge in [0.05, 0.1) is 21.3 Å². The monoisotopic (exact) mass is 324 g/mol. The van der Waals surface area contributed by atoms with Crippen LogP contribution in [-0.4, -0.2) is 15.5 Å². The number of sulfonamides is 1. The van der Waals surface area contributed by atoms with Gasteiger partial charge in [0.1, 0.15) is 0 Å². The fraction of sp³-hybridized carbons (Fsp3) is 0.200. The van der Waals surface area contributed by atoms with E-state index in [0.29, 0.717) is 11.4 Å². The minimum atomic E-state index is -3.67. The number of benzene rings is 2. The molecule has 0 aliphatic carbocycles. The number of halogens is 1. The predicted molar refractivity (Wildman–Crippen MR) is 87.4 cm³/mol. The van der Waals surface area contributed by atoms with Gasteiger partial charge in [-0.1, -0.05) is 29.3 Å². The van der Waals surface area contributed by atoms with E-state index in [0.717, 1.165) is 11.1 Å². The Bertz CT molecular complexity index is 788. The van der Waals surface area contributed by atoms with E-state index in [-0.39, 0.29) is 9.92 Å². The molecular formula is C15H17ClN2O2S. The Labute approximate surface area is 130 Å². The average Bonchev–Trinajstić information content (AvgIpc) is 2.41. The second kappa shape index (κ2) is 5.58. The summed E-state index contributed by atoms with van der Waals surface area (Å²) in [6.07, 6.45) is 0. The van der Waals surface area contributed by atoms with E-state index in [1.165, 1.54) is 29.6 Å². The number of rotatable bonds is 3. The third-order valence-corrected chi connectivity index (χ3v) is 5.42. The average molecular weight is 325 g/mol. The molecule has 0 bridgehead atoms. The van der Waals surface area contributed by atoms with Crippen molar-refractivity contribution in [3.05, 3.63) is 52.5 Å². The van der Waals surface area contributed by atoms with Crippen molar-refractivity contribution < 1.29 is 8.42 Å². The van der Waals surface area contributed by atoms with Gasteiger partial charge in [0, 0.05) is 7.05 Å². The van der Waals surface area contributed by atoms with Crippen LogP contribution in [-0.2, 0) is 10.0 Å². The Morgan fingerprint density at radius 1 is 1.10 bits per heavy atom. The summed E-state index contributed by atoms with van der Waals surface area (Å²) in [5, 5.41) is 0.227. The van der Waals surface area contributed by atoms with E-state index in [1.54, 1.807) is 6.07 Å². The lowest BCUT2D eigenvalue weighted by Gasteiger charge is -2.22. The zero-order valence-electron chi connectivity index (χ0n) is 12.1. The van der Waals surface area contributed by atoms with Crippen LogP contribution in [0.4, 0.5) is 11.4 Å². The summed E-state index contributed by atoms with van der Waals surface area (Å²) in [4.78, 5) is 0.115. The summed E-state index contributed by atoms with van der Waals surface area (Å²) < 4.78 is 26.6. The molecule has 112 valence electrons. The number of nitrogens with two attached hydrogens (primary N) is 1. The second-order valence-electron chi connectivity index (χ2n) is 4.95. The zero-order valence-corrected chi connectivity index (χ0v) is 13.7. The third kappa shape index (κ3) is 2.99. The number of nitrogen functional groups attached to an aromatic ring is 1. The molecule has 21 heavy (non-hydrogen) atoms. The molecule has 0 fully saturated rings. The zero-order chi connectivity index (χ0) is 15.8. The van der Waals surface area contributed by atoms with Gasteiger partial charge in [0.2, 0.25) is 0 Å². The van der Waals surface area contributed by atoms with Crippen LogP contribution in [0.15, 0.2) is 41.3 Å². The summed E-state index contributed by atoms with van der Waals surface area (Å²) in [7, 11) is -2.15. The van der Waals surface area contributed by atoms with Gasteiger partial charge in [0.15, 0.2) is 0 Å². The predicted octanol–water partition coefficient (Wildman–Crippen LogP) is 3.36. The SMILES string of the molecule is Cc1ccc(N(C)S(=O)(=O)c2ccc(N)c(Cl)c2)c(C)c1. The highest BCUT2D eigenvalue weighted by atomic mass is 35.5. The molecule has 2 rings (SSSR count). The summed E-state index contributed by atoms with van der Waals surface area (Å²) in [5.74, 6) is 0. The first-order chi connectivity index (χ1) is 9.73. The molecule has 0 saturated carbocycles. The molecule has 0 radical (unpaired) electrons. The minimum Gasteiger partial charge on any atom is -0.398 e. The van der Waals surface area contributed by atoms with Crippen LogP contribution < -0.4 is 10.0 Å². The largest absolute Gasteiger partial charge is 0.398 e. The van der Waals surface area contributed by atoms with Crippen LogP contribution in [0.1, 0.15) is 11.1 Å². The van der Waals surface area contributed by atoms with Crippen LogP contribution in [0.5, 0.6) is 0 Å². The summed E-state index contributed by atoms with van der Waals surface area (Å²) >= 11 is 5.91. The maximum Gasteiger partial charge on any atom is 0.264 e. The fourth-order valence-electron chi connectivity index (χ4n) is 2.11. The van der Waals surface area contributed by atoms with Gasteiger partial charge in [-0.2, -0.15) is 0 Å². The van der Waals surface area contributed by atoms with E-state index in [4.69, 9.17) is 17.3 Å². The Kier molecular flexibility index (Phi) is 4.16. The van der Waals surface area contributed by atoms with E-state index >= 15 is 0 Å². The Morgan fingerprint density at radius 3 is 2.33 bits per heavy atom. The van der Waals surface area contributed by atoms with Crippen molar-refractivity contribution in [2.24, 2.45) is 0 Å². The number of aryl methyl sites for hydroxylation is 2. The lowest BCUT2D eigenvalue weighted by atomic mass is 10.1. The number of hydrogen-bond acceptors (Lipinski definition) is 3. The van der Waals surface area contributed by atoms with Crippen LogP contribution >= 0.6 is 11.6 Å². The lowest BCUT2D eigenvalue weighted by molar-refractivity contribution is 0.594. The first kappa shape index (κ1) is 15.7. The van der Waals surface area contributed by atoms with Crippen LogP contribution in [0.25, 0.3) is 0 Å². The van der Waals surface area contributed by atoms with E-state index in [2.05, 4.69) is 0 Å². The van der Waals surface area contributed by atoms with Crippen molar-refractivity contribution in [3.63, 3.8) is 0 Å². The van der Waals surface area contributed by atoms with Crippen molar-refractivity contribution in [2.45, 2.75) is 18.7 Å². The smallest absolute Gasteiger partial charge is 0.264 e. The minimum absolute atomic E-state index is 0.115. The summed E-state index contributed by atoms with van der Waals surface area (Å²) in [5.41, 5.74) is 8.58. The highest BCUT2D eigenvalue weighted by Gasteiger charge is 2.23. The van der Waals surface area contributed by atoms with Crippen molar-refractivity contribution in [3.8, 4) is 0 Å². The van der Waals surface area contributed by atoms with Crippen LogP contribution in [0.2, 0.25) is 5.02 Å². The molecule has 2 aromatic rings. The number of nitrogens with zero attached hydrogens (tertiary/aromatic N) is 1. The second-order valence-corrected chi connectivity index (χ2v) is 7.32. The molecular weight excluding hydrogens is 308 g/mol. The van der Waals surface area contributed by atoms with E-state index < -0.39 is 10.0 Å². The first-order valence-electron chi connectivity index (χ1n) is 6.34. The molecule has 0 aromatic heterocycles. The van der Waals surface area contributed by atoms with Gasteiger partial charge in [-0.15, -0.1) is 0 Å². The molecule has 0 saturated heterocycles. The maximum atomic E-state index is 12.7. The quantitative estimate of drug-likeness (QED) is 0.880. The van der Waals surface area contributed by atoms with Gasteiger partial charge in [-0.3, -0.25) is 4.31 Å². The van der Waals surface area contributed by atoms with Gasteiger partial charge in [-0.25, -0.2) is 8.42 Å². The Balaban J connectivity index is 2.49. The van der Waals surface area contributed by atoms with Gasteiger partial charge < -0.3 is 5.73 Å². The van der Waals surface area contributed by atoms with Crippen LogP contribution in [0, 0.1) is 13.8 Å². The van der Waals surface area contributed by atoms with E-state index in [9.17, 15) is 8.42 Å². The molecule has 2 aromatic carbocycles. The number of anilines is 2. The normalized spacial score (nSPS) is 11.4. The molecule has 0 aliphatic rings. The summed E-state index contributed by atoms with van der Waals surface area (Å²) in [6.45, 7) is 3.84. The lowest BCUT2D eigenvalue weighted by Crippen LogP contribution is -2.27. The standard InChI is InChI=1S/C15H17ClN2O2S/c1-10-4-7-15(11(2)8-10)18(3)21(19,20)12-5-6-14(17)13(16)9-12/h4-9H,17H2,1-3H3. The third-order valence-electron chi connectivity index (χ3n) is 3.32. The Morgan fingerprint density at radius 2 is 1.76 bits per heavy atom. The van der Waals surface area contributed by atoms with E-state index in [1.807, 2.05) is 26.0 Å². The fourth-order valence-corrected chi connectivity index (χ4v) is 3.65. The van der Waals surface area contributed by atoms with Gasteiger partial charge >= 0.3 is 0 Å². The molecule has 0 unspecified atom stereocenters. The van der Waals surface area contributed by atoms with Gasteiger partial charge in [0.25, 0.3) is 10.0 Å². The molecule has 2 N–H and O–H groups in total. The van der Waals surface area contributed by atoms with Gasteiger partial charge in [-0.05, 0) is 43.7 Å². The molecule has 0 amide bonds. The van der Waals surface area contributed by atoms with Crippen molar-refractivity contribution in [1.82, 2.24) is 0 Å². The highest BCUT2D eigenvalue weighted by molar-refractivity contribution is 7.92. The topological polar surface area (TPSA) is 63.4 Å². The Hall–Kier alpha value is -1.72. The number of hydrogen-bond donors (Lipinski definition) is 1. The highest BCUT2D eigenvalue weighted by Crippen LogP contribution is 2.28. The van der Waals surface area contributed by atoms with Crippen LogP contribution in [0.3, 0.4) is 0 Å². The first-order valence-corrected chi connectivity index (χ1v) is 8.16. The van der Waals surface area contributed by atoms with Crippen molar-refractivity contribution in [2.75, 3.05) is 17.1 Å². The molecule has 0 aliphatic heterocycles. The molecule has 0 atom stereocenters. The van der Waals surface area contributed by atoms with Crippen molar-refractivity contribution in [1.29, 1.82) is 0 Å². The molecule has 0 spiro atoms. The molecule has 0 heterocycles.